The summed E-state index contributed by atoms with van der Waals surface area (Å²) < 4.78 is 10.4. The molecular weight excluding hydrogens is 206 g/mol. The number of carbonyl (C=O) groups is 1. The fourth-order valence-corrected chi connectivity index (χ4v) is 2.53. The highest BCUT2D eigenvalue weighted by Gasteiger charge is 2.49. The van der Waals surface area contributed by atoms with Crippen LogP contribution in [0.25, 0.3) is 0 Å². The third kappa shape index (κ3) is 2.38. The van der Waals surface area contributed by atoms with Gasteiger partial charge < -0.3 is 14.8 Å². The van der Waals surface area contributed by atoms with E-state index in [-0.39, 0.29) is 17.3 Å². The Kier molecular flexibility index (Phi) is 4.74. The molecule has 1 heterocycles. The Hall–Kier alpha value is -0.610. The van der Waals surface area contributed by atoms with Crippen LogP contribution in [-0.2, 0) is 14.3 Å². The highest BCUT2D eigenvalue weighted by molar-refractivity contribution is 5.74. The van der Waals surface area contributed by atoms with Gasteiger partial charge in [-0.05, 0) is 12.8 Å². The van der Waals surface area contributed by atoms with Crippen LogP contribution >= 0.6 is 0 Å². The lowest BCUT2D eigenvalue weighted by Crippen LogP contribution is -2.43. The van der Waals surface area contributed by atoms with E-state index in [4.69, 9.17) is 9.47 Å². The van der Waals surface area contributed by atoms with Crippen LogP contribution in [0.1, 0.15) is 20.8 Å². The number of hydrogen-bond acceptors (Lipinski definition) is 4. The second-order valence-electron chi connectivity index (χ2n) is 4.76. The molecule has 4 heteroatoms. The number of ether oxygens (including phenoxy) is 2. The van der Waals surface area contributed by atoms with Crippen molar-refractivity contribution < 1.29 is 14.3 Å². The van der Waals surface area contributed by atoms with Crippen LogP contribution in [0.4, 0.5) is 0 Å². The van der Waals surface area contributed by atoms with Crippen molar-refractivity contribution in [1.82, 2.24) is 5.32 Å². The Morgan fingerprint density at radius 2 is 2.25 bits per heavy atom. The molecule has 0 aromatic carbocycles. The first-order valence-corrected chi connectivity index (χ1v) is 5.94. The first kappa shape index (κ1) is 13.5. The molecule has 0 saturated carbocycles. The highest BCUT2D eigenvalue weighted by Crippen LogP contribution is 2.39. The summed E-state index contributed by atoms with van der Waals surface area (Å²) in [6.07, 6.45) is 0. The van der Waals surface area contributed by atoms with Crippen LogP contribution < -0.4 is 5.32 Å². The van der Waals surface area contributed by atoms with Gasteiger partial charge in [-0.2, -0.15) is 0 Å². The Labute approximate surface area is 97.7 Å². The molecule has 16 heavy (non-hydrogen) atoms. The van der Waals surface area contributed by atoms with Crippen LogP contribution in [-0.4, -0.2) is 39.4 Å². The van der Waals surface area contributed by atoms with Crippen LogP contribution in [0.5, 0.6) is 0 Å². The second kappa shape index (κ2) is 5.64. The van der Waals surface area contributed by atoms with Gasteiger partial charge in [-0.1, -0.05) is 13.8 Å². The van der Waals surface area contributed by atoms with E-state index < -0.39 is 0 Å². The predicted molar refractivity (Wildman–Crippen MR) is 62.1 cm³/mol. The molecule has 2 atom stereocenters. The van der Waals surface area contributed by atoms with E-state index in [2.05, 4.69) is 19.2 Å². The third-order valence-corrected chi connectivity index (χ3v) is 3.63. The molecule has 1 saturated heterocycles. The first-order chi connectivity index (χ1) is 7.58. The lowest BCUT2D eigenvalue weighted by molar-refractivity contribution is -0.154. The molecule has 1 aliphatic heterocycles. The van der Waals surface area contributed by atoms with E-state index >= 15 is 0 Å². The van der Waals surface area contributed by atoms with Crippen LogP contribution in [0.15, 0.2) is 0 Å². The summed E-state index contributed by atoms with van der Waals surface area (Å²) in [5.74, 6) is 0.197. The van der Waals surface area contributed by atoms with Gasteiger partial charge in [0.2, 0.25) is 0 Å². The van der Waals surface area contributed by atoms with E-state index in [0.29, 0.717) is 25.7 Å². The SMILES string of the molecule is CCOC(=O)C1CNCC1(COC)C(C)C. The minimum absolute atomic E-state index is 0.0904. The second-order valence-corrected chi connectivity index (χ2v) is 4.76. The van der Waals surface area contributed by atoms with Gasteiger partial charge in [-0.3, -0.25) is 4.79 Å². The summed E-state index contributed by atoms with van der Waals surface area (Å²) in [4.78, 5) is 11.9. The van der Waals surface area contributed by atoms with E-state index in [1.807, 2.05) is 6.92 Å². The van der Waals surface area contributed by atoms with Crippen LogP contribution in [0.2, 0.25) is 0 Å². The van der Waals surface area contributed by atoms with Gasteiger partial charge in [0.05, 0.1) is 19.1 Å². The maximum Gasteiger partial charge on any atom is 0.310 e. The summed E-state index contributed by atoms with van der Waals surface area (Å²) >= 11 is 0. The van der Waals surface area contributed by atoms with Crippen molar-refractivity contribution in [3.8, 4) is 0 Å². The quantitative estimate of drug-likeness (QED) is 0.716. The van der Waals surface area contributed by atoms with E-state index in [9.17, 15) is 4.79 Å². The predicted octanol–water partition coefficient (Wildman–Crippen LogP) is 1.06. The minimum Gasteiger partial charge on any atom is -0.466 e. The fraction of sp³-hybridized carbons (Fsp3) is 0.917. The summed E-state index contributed by atoms with van der Waals surface area (Å²) in [6.45, 7) is 8.67. The van der Waals surface area contributed by atoms with Gasteiger partial charge in [0.25, 0.3) is 0 Å². The third-order valence-electron chi connectivity index (χ3n) is 3.63. The molecule has 0 aromatic rings. The molecule has 0 amide bonds. The Bertz CT molecular complexity index is 242. The van der Waals surface area contributed by atoms with Gasteiger partial charge in [-0.15, -0.1) is 0 Å². The standard InChI is InChI=1S/C12H23NO3/c1-5-16-11(14)10-6-13-7-12(10,8-15-4)9(2)3/h9-10,13H,5-8H2,1-4H3. The van der Waals surface area contributed by atoms with Crippen molar-refractivity contribution in [3.63, 3.8) is 0 Å². The van der Waals surface area contributed by atoms with E-state index in [1.165, 1.54) is 0 Å². The average molecular weight is 229 g/mol. The molecule has 0 spiro atoms. The molecule has 4 nitrogen and oxygen atoms in total. The molecule has 1 N–H and O–H groups in total. The molecule has 0 bridgehead atoms. The number of carbonyl (C=O) groups excluding carboxylic acids is 1. The largest absolute Gasteiger partial charge is 0.466 e. The number of methoxy groups -OCH3 is 1. The van der Waals surface area contributed by atoms with Gasteiger partial charge in [-0.25, -0.2) is 0 Å². The minimum atomic E-state index is -0.124. The molecule has 0 aliphatic carbocycles. The molecule has 1 fully saturated rings. The fourth-order valence-electron chi connectivity index (χ4n) is 2.53. The number of hydrogen-bond donors (Lipinski definition) is 1. The van der Waals surface area contributed by atoms with Crippen molar-refractivity contribution in [2.75, 3.05) is 33.4 Å². The molecular formula is C12H23NO3. The molecule has 2 unspecified atom stereocenters. The smallest absolute Gasteiger partial charge is 0.310 e. The molecule has 1 rings (SSSR count). The zero-order valence-electron chi connectivity index (χ0n) is 10.7. The van der Waals surface area contributed by atoms with Crippen molar-refractivity contribution in [1.29, 1.82) is 0 Å². The highest BCUT2D eigenvalue weighted by atomic mass is 16.5. The normalized spacial score (nSPS) is 29.7. The van der Waals surface area contributed by atoms with E-state index in [0.717, 1.165) is 6.54 Å². The molecule has 0 radical (unpaired) electrons. The lowest BCUT2D eigenvalue weighted by Gasteiger charge is -2.36. The topological polar surface area (TPSA) is 47.6 Å². The van der Waals surface area contributed by atoms with Crippen molar-refractivity contribution in [3.05, 3.63) is 0 Å². The van der Waals surface area contributed by atoms with E-state index in [1.54, 1.807) is 7.11 Å². The van der Waals surface area contributed by atoms with Gasteiger partial charge in [0, 0.05) is 25.6 Å². The first-order valence-electron chi connectivity index (χ1n) is 5.94. The lowest BCUT2D eigenvalue weighted by atomic mass is 9.70. The van der Waals surface area contributed by atoms with Crippen LogP contribution in [0.3, 0.4) is 0 Å². The molecule has 94 valence electrons. The summed E-state index contributed by atoms with van der Waals surface area (Å²) in [5.41, 5.74) is -0.124. The zero-order chi connectivity index (χ0) is 12.2. The van der Waals surface area contributed by atoms with Crippen LogP contribution in [0, 0.1) is 17.3 Å². The maximum absolute atomic E-state index is 11.9. The average Bonchev–Trinajstić information content (AvgIpc) is 2.64. The van der Waals surface area contributed by atoms with Gasteiger partial charge in [0.15, 0.2) is 0 Å². The van der Waals surface area contributed by atoms with Gasteiger partial charge in [0.1, 0.15) is 0 Å². The summed E-state index contributed by atoms with van der Waals surface area (Å²) in [6, 6.07) is 0. The number of rotatable bonds is 5. The van der Waals surface area contributed by atoms with Crippen molar-refractivity contribution in [2.24, 2.45) is 17.3 Å². The molecule has 0 aromatic heterocycles. The number of nitrogens with one attached hydrogen (secondary N) is 1. The molecule has 1 aliphatic rings. The van der Waals surface area contributed by atoms with Crippen molar-refractivity contribution >= 4 is 5.97 Å². The van der Waals surface area contributed by atoms with Crippen molar-refractivity contribution in [2.45, 2.75) is 20.8 Å². The number of esters is 1. The Balaban J connectivity index is 2.84. The summed E-state index contributed by atoms with van der Waals surface area (Å²) in [5, 5.41) is 3.29. The zero-order valence-corrected chi connectivity index (χ0v) is 10.7. The van der Waals surface area contributed by atoms with Gasteiger partial charge >= 0.3 is 5.97 Å². The Morgan fingerprint density at radius 3 is 2.75 bits per heavy atom. The Morgan fingerprint density at radius 1 is 1.56 bits per heavy atom. The maximum atomic E-state index is 11.9. The summed E-state index contributed by atoms with van der Waals surface area (Å²) in [7, 11) is 1.69. The monoisotopic (exact) mass is 229 g/mol.